The summed E-state index contributed by atoms with van der Waals surface area (Å²) in [6, 6.07) is 1.91. The topological polar surface area (TPSA) is 55.1 Å². The molecule has 1 N–H and O–H groups in total. The second-order valence-electron chi connectivity index (χ2n) is 4.05. The molecule has 0 unspecified atom stereocenters. The van der Waals surface area contributed by atoms with E-state index in [1.807, 2.05) is 0 Å². The van der Waals surface area contributed by atoms with Crippen LogP contribution in [0.5, 0.6) is 0 Å². The quantitative estimate of drug-likeness (QED) is 0.757. The van der Waals surface area contributed by atoms with Crippen molar-refractivity contribution in [2.75, 3.05) is 0 Å². The molecule has 2 rings (SSSR count). The summed E-state index contributed by atoms with van der Waals surface area (Å²) in [5.74, 6) is -0.115. The van der Waals surface area contributed by atoms with Crippen molar-refractivity contribution in [2.45, 2.75) is 44.6 Å². The molecule has 1 saturated carbocycles. The summed E-state index contributed by atoms with van der Waals surface area (Å²) in [6.45, 7) is 0. The second kappa shape index (κ2) is 4.96. The monoisotopic (exact) mass is 208 g/mol. The number of hydrogen-bond donors (Lipinski definition) is 1. The van der Waals surface area contributed by atoms with Crippen LogP contribution >= 0.6 is 0 Å². The van der Waals surface area contributed by atoms with Crippen LogP contribution in [0.25, 0.3) is 0 Å². The van der Waals surface area contributed by atoms with E-state index in [1.54, 1.807) is 6.07 Å². The number of nitrogens with one attached hydrogen (secondary N) is 1. The van der Waals surface area contributed by atoms with Gasteiger partial charge in [-0.25, -0.2) is 0 Å². The van der Waals surface area contributed by atoms with E-state index in [1.165, 1.54) is 31.9 Å². The molecule has 0 bridgehead atoms. The predicted octanol–water partition coefficient (Wildman–Crippen LogP) is 2.13. The molecule has 0 radical (unpaired) electrons. The Morgan fingerprint density at radius 2 is 2.07 bits per heavy atom. The van der Waals surface area contributed by atoms with Gasteiger partial charge in [-0.3, -0.25) is 4.79 Å². The molecule has 4 nitrogen and oxygen atoms in total. The molecule has 0 saturated heterocycles. The van der Waals surface area contributed by atoms with Gasteiger partial charge in [0.25, 0.3) is 5.91 Å². The lowest BCUT2D eigenvalue weighted by Crippen LogP contribution is -2.34. The molecule has 0 atom stereocenters. The first kappa shape index (κ1) is 10.2. The Labute approximate surface area is 89.0 Å². The molecule has 0 spiro atoms. The zero-order valence-corrected chi connectivity index (χ0v) is 8.74. The van der Waals surface area contributed by atoms with Crippen LogP contribution in [-0.2, 0) is 0 Å². The van der Waals surface area contributed by atoms with Gasteiger partial charge in [0.05, 0.1) is 0 Å². The number of carbonyl (C=O) groups is 1. The Hall–Kier alpha value is -1.32. The molecule has 1 amide bonds. The molecule has 0 aromatic carbocycles. The van der Waals surface area contributed by atoms with E-state index in [4.69, 9.17) is 0 Å². The molecule has 1 fully saturated rings. The largest absolute Gasteiger partial charge is 0.364 e. The minimum absolute atomic E-state index is 0.115. The summed E-state index contributed by atoms with van der Waals surface area (Å²) in [7, 11) is 0. The number of carbonyl (C=O) groups excluding carboxylic acids is 1. The minimum atomic E-state index is -0.115. The van der Waals surface area contributed by atoms with Crippen LogP contribution in [0.2, 0.25) is 0 Å². The molecule has 1 aliphatic rings. The summed E-state index contributed by atoms with van der Waals surface area (Å²) in [6.07, 6.45) is 8.59. The lowest BCUT2D eigenvalue weighted by molar-refractivity contribution is 0.0924. The maximum atomic E-state index is 11.7. The van der Waals surface area contributed by atoms with Gasteiger partial charge in [-0.2, -0.15) is 0 Å². The van der Waals surface area contributed by atoms with Gasteiger partial charge >= 0.3 is 0 Å². The van der Waals surface area contributed by atoms with Gasteiger partial charge in [-0.15, -0.1) is 0 Å². The first-order chi connectivity index (χ1) is 7.36. The third-order valence-corrected chi connectivity index (χ3v) is 2.86. The molecule has 82 valence electrons. The van der Waals surface area contributed by atoms with Gasteiger partial charge < -0.3 is 9.84 Å². The third-order valence-electron chi connectivity index (χ3n) is 2.86. The van der Waals surface area contributed by atoms with Crippen LogP contribution in [-0.4, -0.2) is 17.1 Å². The van der Waals surface area contributed by atoms with E-state index in [9.17, 15) is 4.79 Å². The van der Waals surface area contributed by atoms with Gasteiger partial charge in [-0.05, 0) is 12.8 Å². The fraction of sp³-hybridized carbons (Fsp3) is 0.636. The van der Waals surface area contributed by atoms with Crippen molar-refractivity contribution in [1.29, 1.82) is 0 Å². The van der Waals surface area contributed by atoms with E-state index in [2.05, 4.69) is 15.0 Å². The molecule has 1 heterocycles. The highest BCUT2D eigenvalue weighted by atomic mass is 16.5. The van der Waals surface area contributed by atoms with Crippen molar-refractivity contribution in [2.24, 2.45) is 0 Å². The van der Waals surface area contributed by atoms with Gasteiger partial charge in [0.2, 0.25) is 0 Å². The van der Waals surface area contributed by atoms with E-state index in [0.717, 1.165) is 12.8 Å². The second-order valence-corrected chi connectivity index (χ2v) is 4.05. The lowest BCUT2D eigenvalue weighted by atomic mass is 10.1. The van der Waals surface area contributed by atoms with Crippen LogP contribution in [0.1, 0.15) is 49.0 Å². The number of amides is 1. The molecular formula is C11H16N2O2. The molecular weight excluding hydrogens is 192 g/mol. The number of nitrogens with zero attached hydrogens (tertiary/aromatic N) is 1. The van der Waals surface area contributed by atoms with Crippen molar-refractivity contribution in [3.05, 3.63) is 18.0 Å². The Morgan fingerprint density at radius 1 is 1.33 bits per heavy atom. The van der Waals surface area contributed by atoms with Gasteiger partial charge in [0.15, 0.2) is 5.69 Å². The first-order valence-electron chi connectivity index (χ1n) is 5.57. The maximum absolute atomic E-state index is 11.7. The minimum Gasteiger partial charge on any atom is -0.364 e. The zero-order valence-electron chi connectivity index (χ0n) is 8.74. The lowest BCUT2D eigenvalue weighted by Gasteiger charge is -2.14. The maximum Gasteiger partial charge on any atom is 0.273 e. The van der Waals surface area contributed by atoms with Crippen molar-refractivity contribution in [1.82, 2.24) is 10.5 Å². The Bertz CT molecular complexity index is 300. The summed E-state index contributed by atoms with van der Waals surface area (Å²) < 4.78 is 4.64. The zero-order chi connectivity index (χ0) is 10.5. The van der Waals surface area contributed by atoms with Crippen LogP contribution in [0.3, 0.4) is 0 Å². The Kier molecular flexibility index (Phi) is 3.37. The number of aromatic nitrogens is 1. The van der Waals surface area contributed by atoms with Crippen LogP contribution < -0.4 is 5.32 Å². The van der Waals surface area contributed by atoms with E-state index in [-0.39, 0.29) is 5.91 Å². The number of rotatable bonds is 2. The van der Waals surface area contributed by atoms with Crippen molar-refractivity contribution < 1.29 is 9.32 Å². The van der Waals surface area contributed by atoms with Crippen LogP contribution in [0.4, 0.5) is 0 Å². The van der Waals surface area contributed by atoms with E-state index >= 15 is 0 Å². The third kappa shape index (κ3) is 2.81. The summed E-state index contributed by atoms with van der Waals surface area (Å²) >= 11 is 0. The molecule has 1 aliphatic carbocycles. The number of hydrogen-bond acceptors (Lipinski definition) is 3. The average Bonchev–Trinajstić information content (AvgIpc) is 2.65. The normalized spacial score (nSPS) is 18.4. The Balaban J connectivity index is 1.87. The van der Waals surface area contributed by atoms with Crippen molar-refractivity contribution >= 4 is 5.91 Å². The fourth-order valence-electron chi connectivity index (χ4n) is 2.01. The van der Waals surface area contributed by atoms with Gasteiger partial charge in [-0.1, -0.05) is 30.8 Å². The van der Waals surface area contributed by atoms with Crippen molar-refractivity contribution in [3.63, 3.8) is 0 Å². The highest BCUT2D eigenvalue weighted by molar-refractivity contribution is 5.92. The molecule has 1 aromatic heterocycles. The van der Waals surface area contributed by atoms with Crippen LogP contribution in [0, 0.1) is 0 Å². The summed E-state index contributed by atoms with van der Waals surface area (Å²) in [4.78, 5) is 11.7. The standard InChI is InChI=1S/C11H16N2O2/c14-11(10-7-8-15-13-10)12-9-5-3-1-2-4-6-9/h7-9H,1-6H2,(H,12,14). The molecule has 15 heavy (non-hydrogen) atoms. The summed E-state index contributed by atoms with van der Waals surface area (Å²) in [5, 5.41) is 6.62. The van der Waals surface area contributed by atoms with Crippen LogP contribution in [0.15, 0.2) is 16.9 Å². The average molecular weight is 208 g/mol. The SMILES string of the molecule is O=C(NC1CCCCCC1)c1ccon1. The highest BCUT2D eigenvalue weighted by Crippen LogP contribution is 2.17. The fourth-order valence-corrected chi connectivity index (χ4v) is 2.01. The van der Waals surface area contributed by atoms with E-state index in [0.29, 0.717) is 11.7 Å². The van der Waals surface area contributed by atoms with Gasteiger partial charge in [0, 0.05) is 12.1 Å². The smallest absolute Gasteiger partial charge is 0.273 e. The summed E-state index contributed by atoms with van der Waals surface area (Å²) in [5.41, 5.74) is 0.374. The Morgan fingerprint density at radius 3 is 2.67 bits per heavy atom. The van der Waals surface area contributed by atoms with Gasteiger partial charge in [0.1, 0.15) is 6.26 Å². The first-order valence-corrected chi connectivity index (χ1v) is 5.57. The molecule has 4 heteroatoms. The molecule has 0 aliphatic heterocycles. The molecule has 1 aromatic rings. The van der Waals surface area contributed by atoms with E-state index < -0.39 is 0 Å². The highest BCUT2D eigenvalue weighted by Gasteiger charge is 2.16. The predicted molar refractivity (Wildman–Crippen MR) is 55.5 cm³/mol. The van der Waals surface area contributed by atoms with Crippen molar-refractivity contribution in [3.8, 4) is 0 Å².